The van der Waals surface area contributed by atoms with Gasteiger partial charge in [-0.1, -0.05) is 0 Å². The summed E-state index contributed by atoms with van der Waals surface area (Å²) in [6.07, 6.45) is 1.99. The normalized spacial score (nSPS) is 19.5. The van der Waals surface area contributed by atoms with Crippen LogP contribution >= 0.6 is 0 Å². The van der Waals surface area contributed by atoms with E-state index in [4.69, 9.17) is 0 Å². The van der Waals surface area contributed by atoms with E-state index in [1.54, 1.807) is 23.2 Å². The van der Waals surface area contributed by atoms with Gasteiger partial charge in [0.2, 0.25) is 5.91 Å². The molecule has 0 bridgehead atoms. The number of benzene rings is 1. The zero-order valence-electron chi connectivity index (χ0n) is 13.3. The molecule has 1 aromatic heterocycles. The lowest BCUT2D eigenvalue weighted by Crippen LogP contribution is -2.38. The summed E-state index contributed by atoms with van der Waals surface area (Å²) in [5.41, 5.74) is 2.37. The number of carbonyl (C=O) groups excluding carboxylic acids is 1. The monoisotopic (exact) mass is 302 g/mol. The van der Waals surface area contributed by atoms with E-state index >= 15 is 0 Å². The van der Waals surface area contributed by atoms with Gasteiger partial charge in [0.1, 0.15) is 0 Å². The van der Waals surface area contributed by atoms with Crippen molar-refractivity contribution in [2.75, 3.05) is 25.5 Å². The van der Waals surface area contributed by atoms with E-state index in [0.29, 0.717) is 0 Å². The third-order valence-corrected chi connectivity index (χ3v) is 4.53. The first kappa shape index (κ1) is 14.8. The lowest BCUT2D eigenvalue weighted by atomic mass is 9.97. The summed E-state index contributed by atoms with van der Waals surface area (Å²) in [7, 11) is 5.54. The van der Waals surface area contributed by atoms with Gasteiger partial charge in [0, 0.05) is 26.3 Å². The highest BCUT2D eigenvalue weighted by molar-refractivity contribution is 5.94. The molecule has 1 atom stereocenters. The number of fused-ring (bicyclic) bond motifs is 1. The van der Waals surface area contributed by atoms with Crippen LogP contribution in [-0.2, 0) is 18.9 Å². The predicted molar refractivity (Wildman–Crippen MR) is 87.0 cm³/mol. The third kappa shape index (κ3) is 2.54. The quantitative estimate of drug-likeness (QED) is 0.905. The van der Waals surface area contributed by atoms with Gasteiger partial charge in [-0.2, -0.15) is 0 Å². The van der Waals surface area contributed by atoms with Crippen LogP contribution in [0.4, 0.5) is 5.69 Å². The number of nitrogens with one attached hydrogen (secondary N) is 1. The molecule has 3 rings (SSSR count). The van der Waals surface area contributed by atoms with E-state index in [1.165, 1.54) is 0 Å². The molecule has 22 heavy (non-hydrogen) atoms. The molecule has 6 nitrogen and oxygen atoms in total. The van der Waals surface area contributed by atoms with E-state index in [0.717, 1.165) is 42.7 Å². The van der Waals surface area contributed by atoms with Crippen molar-refractivity contribution < 1.29 is 4.79 Å². The highest BCUT2D eigenvalue weighted by Crippen LogP contribution is 2.20. The van der Waals surface area contributed by atoms with Crippen molar-refractivity contribution >= 4 is 22.6 Å². The molecular weight excluding hydrogens is 280 g/mol. The van der Waals surface area contributed by atoms with Gasteiger partial charge in [-0.15, -0.1) is 0 Å². The number of piperidine rings is 1. The fraction of sp³-hybridized carbons (Fsp3) is 0.500. The number of imidazole rings is 1. The maximum Gasteiger partial charge on any atom is 0.328 e. The first-order valence-electron chi connectivity index (χ1n) is 7.62. The molecule has 2 aromatic rings. The van der Waals surface area contributed by atoms with Gasteiger partial charge in [-0.05, 0) is 44.6 Å². The van der Waals surface area contributed by atoms with Crippen LogP contribution in [0, 0.1) is 5.92 Å². The number of carbonyl (C=O) groups is 1. The fourth-order valence-electron chi connectivity index (χ4n) is 3.21. The summed E-state index contributed by atoms with van der Waals surface area (Å²) in [6, 6.07) is 5.59. The number of amides is 1. The molecule has 1 saturated heterocycles. The van der Waals surface area contributed by atoms with Gasteiger partial charge in [0.15, 0.2) is 0 Å². The summed E-state index contributed by atoms with van der Waals surface area (Å²) in [5, 5.41) is 2.99. The van der Waals surface area contributed by atoms with Gasteiger partial charge in [0.05, 0.1) is 17.0 Å². The maximum atomic E-state index is 12.4. The predicted octanol–water partition coefficient (Wildman–Crippen LogP) is 1.16. The Morgan fingerprint density at radius 1 is 1.18 bits per heavy atom. The molecule has 0 spiro atoms. The Balaban J connectivity index is 1.83. The fourth-order valence-corrected chi connectivity index (χ4v) is 3.21. The van der Waals surface area contributed by atoms with Gasteiger partial charge in [-0.3, -0.25) is 13.9 Å². The van der Waals surface area contributed by atoms with Crippen molar-refractivity contribution in [2.24, 2.45) is 20.0 Å². The molecule has 1 fully saturated rings. The SMILES string of the molecule is CN1CCCC(C(=O)Nc2ccc3c(c2)n(C)c(=O)n3C)C1. The van der Waals surface area contributed by atoms with Crippen molar-refractivity contribution in [3.05, 3.63) is 28.7 Å². The number of nitrogens with zero attached hydrogens (tertiary/aromatic N) is 3. The van der Waals surface area contributed by atoms with E-state index in [9.17, 15) is 9.59 Å². The molecule has 118 valence electrons. The molecule has 0 aliphatic carbocycles. The Morgan fingerprint density at radius 3 is 2.64 bits per heavy atom. The minimum atomic E-state index is -0.0626. The van der Waals surface area contributed by atoms with Gasteiger partial charge in [-0.25, -0.2) is 4.79 Å². The van der Waals surface area contributed by atoms with Crippen LogP contribution < -0.4 is 11.0 Å². The standard InChI is InChI=1S/C16H22N4O2/c1-18-8-4-5-11(10-18)15(21)17-12-6-7-13-14(9-12)20(3)16(22)19(13)2/h6-7,9,11H,4-5,8,10H2,1-3H3,(H,17,21). The summed E-state index contributed by atoms with van der Waals surface area (Å²) in [5.74, 6) is 0.0980. The number of hydrogen-bond donors (Lipinski definition) is 1. The van der Waals surface area contributed by atoms with Crippen molar-refractivity contribution in [3.8, 4) is 0 Å². The zero-order valence-corrected chi connectivity index (χ0v) is 13.3. The Hall–Kier alpha value is -2.08. The second-order valence-corrected chi connectivity index (χ2v) is 6.19. The number of anilines is 1. The second kappa shape index (κ2) is 5.61. The summed E-state index contributed by atoms with van der Waals surface area (Å²) in [6.45, 7) is 1.86. The van der Waals surface area contributed by atoms with E-state index in [2.05, 4.69) is 10.2 Å². The average Bonchev–Trinajstić information content (AvgIpc) is 2.72. The van der Waals surface area contributed by atoms with Crippen LogP contribution in [0.15, 0.2) is 23.0 Å². The summed E-state index contributed by atoms with van der Waals surface area (Å²) in [4.78, 5) is 26.5. The molecule has 1 unspecified atom stereocenters. The average molecular weight is 302 g/mol. The third-order valence-electron chi connectivity index (χ3n) is 4.53. The van der Waals surface area contributed by atoms with E-state index in [-0.39, 0.29) is 17.5 Å². The topological polar surface area (TPSA) is 59.3 Å². The van der Waals surface area contributed by atoms with Crippen molar-refractivity contribution in [2.45, 2.75) is 12.8 Å². The van der Waals surface area contributed by atoms with E-state index < -0.39 is 0 Å². The molecule has 1 aliphatic rings. The molecule has 0 radical (unpaired) electrons. The molecule has 0 saturated carbocycles. The van der Waals surface area contributed by atoms with Crippen LogP contribution in [0.2, 0.25) is 0 Å². The second-order valence-electron chi connectivity index (χ2n) is 6.19. The Morgan fingerprint density at radius 2 is 1.91 bits per heavy atom. The van der Waals surface area contributed by atoms with Crippen LogP contribution in [0.5, 0.6) is 0 Å². The molecule has 6 heteroatoms. The van der Waals surface area contributed by atoms with E-state index in [1.807, 2.05) is 25.2 Å². The minimum Gasteiger partial charge on any atom is -0.326 e. The number of hydrogen-bond acceptors (Lipinski definition) is 3. The van der Waals surface area contributed by atoms with Gasteiger partial charge in [0.25, 0.3) is 0 Å². The van der Waals surface area contributed by atoms with Crippen molar-refractivity contribution in [3.63, 3.8) is 0 Å². The highest BCUT2D eigenvalue weighted by Gasteiger charge is 2.24. The highest BCUT2D eigenvalue weighted by atomic mass is 16.2. The lowest BCUT2D eigenvalue weighted by Gasteiger charge is -2.28. The largest absolute Gasteiger partial charge is 0.328 e. The Bertz CT molecular complexity index is 774. The number of rotatable bonds is 2. The molecule has 1 N–H and O–H groups in total. The summed E-state index contributed by atoms with van der Waals surface area (Å²) >= 11 is 0. The van der Waals surface area contributed by atoms with Crippen LogP contribution in [0.1, 0.15) is 12.8 Å². The maximum absolute atomic E-state index is 12.4. The minimum absolute atomic E-state index is 0.0361. The Kier molecular flexibility index (Phi) is 3.78. The van der Waals surface area contributed by atoms with Crippen molar-refractivity contribution in [1.82, 2.24) is 14.0 Å². The number of likely N-dealkylation sites (tertiary alicyclic amines) is 1. The molecule has 1 aliphatic heterocycles. The van der Waals surface area contributed by atoms with Gasteiger partial charge >= 0.3 is 5.69 Å². The molecule has 1 amide bonds. The van der Waals surface area contributed by atoms with Gasteiger partial charge < -0.3 is 10.2 Å². The van der Waals surface area contributed by atoms with Crippen LogP contribution in [-0.4, -0.2) is 40.1 Å². The lowest BCUT2D eigenvalue weighted by molar-refractivity contribution is -0.121. The van der Waals surface area contributed by atoms with Crippen LogP contribution in [0.3, 0.4) is 0 Å². The first-order valence-corrected chi connectivity index (χ1v) is 7.62. The molecular formula is C16H22N4O2. The smallest absolute Gasteiger partial charge is 0.326 e. The zero-order chi connectivity index (χ0) is 15.9. The molecule has 1 aromatic carbocycles. The number of aryl methyl sites for hydroxylation is 2. The van der Waals surface area contributed by atoms with Crippen molar-refractivity contribution in [1.29, 1.82) is 0 Å². The molecule has 2 heterocycles. The number of aromatic nitrogens is 2. The summed E-state index contributed by atoms with van der Waals surface area (Å²) < 4.78 is 3.20. The first-order chi connectivity index (χ1) is 10.5. The van der Waals surface area contributed by atoms with Crippen LogP contribution in [0.25, 0.3) is 11.0 Å². The Labute approximate surface area is 129 Å².